The number of alkyl halides is 1. The minimum Gasteiger partial charge on any atom is -0.469 e. The van der Waals surface area contributed by atoms with E-state index in [1.807, 2.05) is 19.9 Å². The Hall–Kier alpha value is -3.17. The predicted octanol–water partition coefficient (Wildman–Crippen LogP) is 6.02. The fourth-order valence-electron chi connectivity index (χ4n) is 6.08. The standard InChI is InChI=1S/C32H37ClF2N4O3/c1-19(2)32(35)10-6-26-24(17-32)15-22-14-23(16-25(34)29(22)37-26)30(40)38-27(21-4-5-28(33)36-18-21)9-13-39-11-7-20(8-12-39)31(41)42-3/h4-5,14-16,18-20,27H,6-13,17H2,1-3H3,(H,38,40)/t27-,32+/m1/s1. The lowest BCUT2D eigenvalue weighted by Crippen LogP contribution is -2.39. The van der Waals surface area contributed by atoms with Crippen molar-refractivity contribution in [1.29, 1.82) is 0 Å². The first-order valence-corrected chi connectivity index (χ1v) is 15.0. The van der Waals surface area contributed by atoms with Crippen molar-refractivity contribution in [1.82, 2.24) is 20.2 Å². The molecule has 3 heterocycles. The summed E-state index contributed by atoms with van der Waals surface area (Å²) in [5.74, 6) is -1.42. The Morgan fingerprint density at radius 1 is 1.21 bits per heavy atom. The number of halogens is 3. The molecule has 2 aromatic heterocycles. The molecule has 3 aromatic rings. The second-order valence-electron chi connectivity index (χ2n) is 11.9. The zero-order chi connectivity index (χ0) is 30.0. The van der Waals surface area contributed by atoms with E-state index in [-0.39, 0.29) is 35.3 Å². The number of rotatable bonds is 8. The van der Waals surface area contributed by atoms with Gasteiger partial charge in [0.05, 0.1) is 19.1 Å². The third kappa shape index (κ3) is 6.57. The number of nitrogens with zero attached hydrogens (tertiary/aromatic N) is 3. The molecule has 1 amide bonds. The van der Waals surface area contributed by atoms with Gasteiger partial charge in [-0.05, 0) is 86.5 Å². The van der Waals surface area contributed by atoms with Gasteiger partial charge in [-0.15, -0.1) is 0 Å². The SMILES string of the molecule is COC(=O)C1CCN(CC[C@@H](NC(=O)c2cc(F)c3nc4c(cc3c2)C[C@](F)(C(C)C)CC4)c2ccc(Cl)nc2)CC1. The fourth-order valence-corrected chi connectivity index (χ4v) is 6.19. The molecule has 1 aliphatic carbocycles. The highest BCUT2D eigenvalue weighted by Crippen LogP contribution is 2.38. The van der Waals surface area contributed by atoms with Crippen molar-refractivity contribution in [3.05, 3.63) is 69.9 Å². The van der Waals surface area contributed by atoms with E-state index in [4.69, 9.17) is 16.3 Å². The molecule has 5 rings (SSSR count). The number of amides is 1. The van der Waals surface area contributed by atoms with E-state index in [9.17, 15) is 9.59 Å². The quantitative estimate of drug-likeness (QED) is 0.252. The molecule has 0 spiro atoms. The molecule has 0 radical (unpaired) electrons. The molecule has 1 aliphatic heterocycles. The van der Waals surface area contributed by atoms with E-state index in [0.29, 0.717) is 36.3 Å². The van der Waals surface area contributed by atoms with Crippen molar-refractivity contribution in [2.24, 2.45) is 11.8 Å². The van der Waals surface area contributed by atoms with Crippen LogP contribution in [0.25, 0.3) is 10.9 Å². The molecule has 0 unspecified atom stereocenters. The Morgan fingerprint density at radius 3 is 2.64 bits per heavy atom. The number of hydrogen-bond acceptors (Lipinski definition) is 6. The Kier molecular flexibility index (Phi) is 9.08. The molecule has 224 valence electrons. The van der Waals surface area contributed by atoms with Gasteiger partial charge in [0, 0.05) is 35.8 Å². The number of ether oxygens (including phenoxy) is 1. The Morgan fingerprint density at radius 2 is 1.98 bits per heavy atom. The van der Waals surface area contributed by atoms with Crippen molar-refractivity contribution >= 4 is 34.4 Å². The summed E-state index contributed by atoms with van der Waals surface area (Å²) in [5.41, 5.74) is 1.29. The summed E-state index contributed by atoms with van der Waals surface area (Å²) < 4.78 is 35.6. The van der Waals surface area contributed by atoms with Crippen LogP contribution in [0.4, 0.5) is 8.78 Å². The number of nitrogens with one attached hydrogen (secondary N) is 1. The van der Waals surface area contributed by atoms with Crippen LogP contribution in [0, 0.1) is 17.7 Å². The first-order valence-electron chi connectivity index (χ1n) is 14.6. The number of carbonyl (C=O) groups excluding carboxylic acids is 2. The zero-order valence-electron chi connectivity index (χ0n) is 24.3. The summed E-state index contributed by atoms with van der Waals surface area (Å²) in [6.45, 7) is 5.94. The van der Waals surface area contributed by atoms with Gasteiger partial charge >= 0.3 is 5.97 Å². The summed E-state index contributed by atoms with van der Waals surface area (Å²) in [7, 11) is 1.41. The van der Waals surface area contributed by atoms with E-state index >= 15 is 8.78 Å². The molecule has 2 atom stereocenters. The second-order valence-corrected chi connectivity index (χ2v) is 12.2. The van der Waals surface area contributed by atoms with Crippen molar-refractivity contribution in [2.75, 3.05) is 26.7 Å². The Balaban J connectivity index is 1.34. The molecule has 42 heavy (non-hydrogen) atoms. The van der Waals surface area contributed by atoms with E-state index in [0.717, 1.165) is 42.8 Å². The first kappa shape index (κ1) is 30.3. The minimum atomic E-state index is -1.33. The lowest BCUT2D eigenvalue weighted by atomic mass is 9.77. The van der Waals surface area contributed by atoms with Gasteiger partial charge in [0.1, 0.15) is 22.2 Å². The molecule has 0 bridgehead atoms. The van der Waals surface area contributed by atoms with Gasteiger partial charge in [-0.25, -0.2) is 18.7 Å². The van der Waals surface area contributed by atoms with Crippen LogP contribution in [0.3, 0.4) is 0 Å². The van der Waals surface area contributed by atoms with Crippen molar-refractivity contribution in [3.8, 4) is 0 Å². The smallest absolute Gasteiger partial charge is 0.308 e. The molecule has 1 fully saturated rings. The van der Waals surface area contributed by atoms with Crippen LogP contribution in [0.5, 0.6) is 0 Å². The molecule has 2 aliphatic rings. The lowest BCUT2D eigenvalue weighted by Gasteiger charge is -2.34. The van der Waals surface area contributed by atoms with Gasteiger partial charge in [0.15, 0.2) is 0 Å². The number of fused-ring (bicyclic) bond motifs is 2. The lowest BCUT2D eigenvalue weighted by molar-refractivity contribution is -0.147. The van der Waals surface area contributed by atoms with Gasteiger partial charge in [0.25, 0.3) is 5.91 Å². The van der Waals surface area contributed by atoms with E-state index in [2.05, 4.69) is 20.2 Å². The number of carbonyl (C=O) groups is 2. The highest BCUT2D eigenvalue weighted by molar-refractivity contribution is 6.29. The van der Waals surface area contributed by atoms with E-state index < -0.39 is 23.4 Å². The predicted molar refractivity (Wildman–Crippen MR) is 158 cm³/mol. The number of aromatic nitrogens is 2. The average molecular weight is 599 g/mol. The molecule has 1 saturated heterocycles. The highest BCUT2D eigenvalue weighted by atomic mass is 35.5. The zero-order valence-corrected chi connectivity index (χ0v) is 25.0. The number of aryl methyl sites for hydroxylation is 1. The summed E-state index contributed by atoms with van der Waals surface area (Å²) in [4.78, 5) is 36.4. The maximum Gasteiger partial charge on any atom is 0.308 e. The van der Waals surface area contributed by atoms with E-state index in [1.54, 1.807) is 24.4 Å². The minimum absolute atomic E-state index is 0.0863. The highest BCUT2D eigenvalue weighted by Gasteiger charge is 2.38. The topological polar surface area (TPSA) is 84.4 Å². The van der Waals surface area contributed by atoms with Crippen LogP contribution in [0.1, 0.15) is 72.8 Å². The van der Waals surface area contributed by atoms with Crippen molar-refractivity contribution < 1.29 is 23.1 Å². The summed E-state index contributed by atoms with van der Waals surface area (Å²) in [6.07, 6.45) is 4.70. The van der Waals surface area contributed by atoms with Crippen LogP contribution < -0.4 is 5.32 Å². The average Bonchev–Trinajstić information content (AvgIpc) is 2.98. The maximum atomic E-state index is 15.5. The third-order valence-corrected chi connectivity index (χ3v) is 9.14. The molecule has 7 nitrogen and oxygen atoms in total. The molecule has 0 saturated carbocycles. The molecule has 1 N–H and O–H groups in total. The molecular formula is C32H37ClF2N4O3. The molecular weight excluding hydrogens is 562 g/mol. The molecule has 1 aromatic carbocycles. The number of benzene rings is 1. The largest absolute Gasteiger partial charge is 0.469 e. The number of piperidine rings is 1. The van der Waals surface area contributed by atoms with Crippen LogP contribution in [-0.4, -0.2) is 59.2 Å². The summed E-state index contributed by atoms with van der Waals surface area (Å²) in [5, 5.41) is 3.88. The van der Waals surface area contributed by atoms with Crippen LogP contribution in [-0.2, 0) is 22.4 Å². The summed E-state index contributed by atoms with van der Waals surface area (Å²) >= 11 is 6.01. The van der Waals surface area contributed by atoms with Gasteiger partial charge in [-0.1, -0.05) is 31.5 Å². The normalized spacial score (nSPS) is 20.4. The Bertz CT molecular complexity index is 1460. The van der Waals surface area contributed by atoms with E-state index in [1.165, 1.54) is 13.2 Å². The number of esters is 1. The van der Waals surface area contributed by atoms with Crippen LogP contribution in [0.15, 0.2) is 36.5 Å². The van der Waals surface area contributed by atoms with Crippen LogP contribution in [0.2, 0.25) is 5.15 Å². The van der Waals surface area contributed by atoms with Gasteiger partial charge in [-0.3, -0.25) is 9.59 Å². The molecule has 10 heteroatoms. The fraction of sp³-hybridized carbons (Fsp3) is 0.500. The number of pyridine rings is 2. The first-order chi connectivity index (χ1) is 20.1. The monoisotopic (exact) mass is 598 g/mol. The number of methoxy groups -OCH3 is 1. The summed E-state index contributed by atoms with van der Waals surface area (Å²) in [6, 6.07) is 7.70. The Labute approximate surface area is 250 Å². The van der Waals surface area contributed by atoms with Gasteiger partial charge in [-0.2, -0.15) is 0 Å². The second kappa shape index (κ2) is 12.6. The number of likely N-dealkylation sites (tertiary alicyclic amines) is 1. The van der Waals surface area contributed by atoms with Crippen molar-refractivity contribution in [2.45, 2.75) is 64.1 Å². The van der Waals surface area contributed by atoms with Crippen LogP contribution >= 0.6 is 11.6 Å². The third-order valence-electron chi connectivity index (χ3n) is 8.91. The van der Waals surface area contributed by atoms with Crippen molar-refractivity contribution in [3.63, 3.8) is 0 Å². The van der Waals surface area contributed by atoms with Gasteiger partial charge in [0.2, 0.25) is 0 Å². The maximum absolute atomic E-state index is 15.5. The van der Waals surface area contributed by atoms with Gasteiger partial charge < -0.3 is 15.0 Å². The number of hydrogen-bond donors (Lipinski definition) is 1.